The lowest BCUT2D eigenvalue weighted by atomic mass is 9.81. The molecule has 5 nitrogen and oxygen atoms in total. The van der Waals surface area contributed by atoms with E-state index in [1.54, 1.807) is 26.1 Å². The van der Waals surface area contributed by atoms with Crippen molar-refractivity contribution in [3.8, 4) is 5.75 Å². The Labute approximate surface area is 156 Å². The summed E-state index contributed by atoms with van der Waals surface area (Å²) >= 11 is 0. The molecule has 142 valence electrons. The molecule has 0 aromatic heterocycles. The van der Waals surface area contributed by atoms with E-state index >= 15 is 0 Å². The first-order valence-corrected chi connectivity index (χ1v) is 8.58. The SMILES string of the molecule is CCc1cccc(C2(c3ccc(OC(F)F)c(C)c3)N=C(N)N(C)C2=O)c1. The number of rotatable bonds is 5. The summed E-state index contributed by atoms with van der Waals surface area (Å²) in [6.07, 6.45) is 0.799. The average Bonchev–Trinajstić information content (AvgIpc) is 2.88. The molecule has 1 atom stereocenters. The van der Waals surface area contributed by atoms with Gasteiger partial charge in [0.1, 0.15) is 5.75 Å². The van der Waals surface area contributed by atoms with Crippen molar-refractivity contribution in [2.45, 2.75) is 32.4 Å². The van der Waals surface area contributed by atoms with E-state index in [0.717, 1.165) is 12.0 Å². The zero-order valence-electron chi connectivity index (χ0n) is 15.4. The van der Waals surface area contributed by atoms with Gasteiger partial charge in [-0.25, -0.2) is 4.99 Å². The topological polar surface area (TPSA) is 67.9 Å². The lowest BCUT2D eigenvalue weighted by Gasteiger charge is -2.27. The number of aliphatic imine (C=N–C) groups is 1. The first-order valence-electron chi connectivity index (χ1n) is 8.58. The number of nitrogens with two attached hydrogens (primary N) is 1. The Kier molecular flexibility index (Phi) is 4.87. The van der Waals surface area contributed by atoms with Crippen LogP contribution in [0.4, 0.5) is 8.78 Å². The highest BCUT2D eigenvalue weighted by Crippen LogP contribution is 2.41. The quantitative estimate of drug-likeness (QED) is 0.875. The third-order valence-electron chi connectivity index (χ3n) is 4.80. The highest BCUT2D eigenvalue weighted by molar-refractivity contribution is 6.08. The minimum Gasteiger partial charge on any atom is -0.435 e. The van der Waals surface area contributed by atoms with Crippen LogP contribution in [0, 0.1) is 6.92 Å². The molecule has 7 heteroatoms. The number of aryl methyl sites for hydroxylation is 2. The van der Waals surface area contributed by atoms with E-state index in [0.29, 0.717) is 16.7 Å². The fourth-order valence-corrected chi connectivity index (χ4v) is 3.30. The summed E-state index contributed by atoms with van der Waals surface area (Å²) in [5.74, 6) is -0.135. The minimum absolute atomic E-state index is 0.0574. The Morgan fingerprint density at radius 3 is 2.48 bits per heavy atom. The third kappa shape index (κ3) is 3.13. The minimum atomic E-state index is -2.92. The van der Waals surface area contributed by atoms with Crippen molar-refractivity contribution in [1.82, 2.24) is 4.90 Å². The average molecular weight is 373 g/mol. The Bertz CT molecular complexity index is 914. The predicted octanol–water partition coefficient (Wildman–Crippen LogP) is 3.19. The van der Waals surface area contributed by atoms with Crippen LogP contribution in [-0.2, 0) is 16.8 Å². The zero-order chi connectivity index (χ0) is 19.8. The van der Waals surface area contributed by atoms with E-state index in [9.17, 15) is 13.6 Å². The van der Waals surface area contributed by atoms with Gasteiger partial charge < -0.3 is 10.5 Å². The fraction of sp³-hybridized carbons (Fsp3) is 0.300. The Hall–Kier alpha value is -2.96. The monoisotopic (exact) mass is 373 g/mol. The van der Waals surface area contributed by atoms with Gasteiger partial charge in [-0.1, -0.05) is 37.3 Å². The second-order valence-electron chi connectivity index (χ2n) is 6.46. The van der Waals surface area contributed by atoms with Gasteiger partial charge >= 0.3 is 6.61 Å². The first-order chi connectivity index (χ1) is 12.8. The van der Waals surface area contributed by atoms with Gasteiger partial charge in [0.05, 0.1) is 0 Å². The smallest absolute Gasteiger partial charge is 0.387 e. The number of hydrogen-bond donors (Lipinski definition) is 1. The standard InChI is InChI=1S/C20H21F2N3O2/c1-4-13-6-5-7-14(11-13)20(17(26)25(3)19(23)24-20)15-8-9-16(12(2)10-15)27-18(21)22/h5-11,18H,4H2,1-3H3,(H2,23,24). The molecule has 2 N–H and O–H groups in total. The van der Waals surface area contributed by atoms with Gasteiger partial charge in [0.2, 0.25) is 0 Å². The summed E-state index contributed by atoms with van der Waals surface area (Å²) in [5.41, 5.74) is 7.37. The first kappa shape index (κ1) is 18.8. The van der Waals surface area contributed by atoms with Crippen LogP contribution >= 0.6 is 0 Å². The van der Waals surface area contributed by atoms with Gasteiger partial charge in [0, 0.05) is 7.05 Å². The molecule has 1 aliphatic heterocycles. The van der Waals surface area contributed by atoms with E-state index in [2.05, 4.69) is 9.73 Å². The van der Waals surface area contributed by atoms with E-state index in [4.69, 9.17) is 5.73 Å². The molecule has 2 aromatic rings. The van der Waals surface area contributed by atoms with E-state index in [1.165, 1.54) is 11.0 Å². The van der Waals surface area contributed by atoms with Crippen molar-refractivity contribution in [3.05, 3.63) is 64.7 Å². The second kappa shape index (κ2) is 6.98. The van der Waals surface area contributed by atoms with Crippen molar-refractivity contribution >= 4 is 11.9 Å². The number of amides is 1. The summed E-state index contributed by atoms with van der Waals surface area (Å²) in [6.45, 7) is 0.748. The molecule has 1 heterocycles. The highest BCUT2D eigenvalue weighted by Gasteiger charge is 2.49. The number of guanidine groups is 1. The van der Waals surface area contributed by atoms with Crippen molar-refractivity contribution in [1.29, 1.82) is 0 Å². The number of alkyl halides is 2. The summed E-state index contributed by atoms with van der Waals surface area (Å²) in [6, 6.07) is 12.2. The summed E-state index contributed by atoms with van der Waals surface area (Å²) in [4.78, 5) is 19.0. The molecule has 3 rings (SSSR count). The number of ether oxygens (including phenoxy) is 1. The van der Waals surface area contributed by atoms with E-state index in [-0.39, 0.29) is 17.6 Å². The fourth-order valence-electron chi connectivity index (χ4n) is 3.30. The Balaban J connectivity index is 2.20. The normalized spacial score (nSPS) is 19.6. The number of carbonyl (C=O) groups is 1. The molecule has 0 aliphatic carbocycles. The van der Waals surface area contributed by atoms with Gasteiger partial charge in [0.15, 0.2) is 11.5 Å². The summed E-state index contributed by atoms with van der Waals surface area (Å²) in [7, 11) is 1.56. The van der Waals surface area contributed by atoms with Crippen LogP contribution in [0.1, 0.15) is 29.2 Å². The maximum Gasteiger partial charge on any atom is 0.387 e. The van der Waals surface area contributed by atoms with E-state index in [1.807, 2.05) is 31.2 Å². The van der Waals surface area contributed by atoms with Crippen LogP contribution in [0.2, 0.25) is 0 Å². The van der Waals surface area contributed by atoms with Gasteiger partial charge in [-0.3, -0.25) is 9.69 Å². The number of benzene rings is 2. The predicted molar refractivity (Wildman–Crippen MR) is 98.8 cm³/mol. The van der Waals surface area contributed by atoms with Crippen LogP contribution in [0.5, 0.6) is 5.75 Å². The molecule has 0 fully saturated rings. The van der Waals surface area contributed by atoms with Crippen LogP contribution in [-0.4, -0.2) is 30.4 Å². The highest BCUT2D eigenvalue weighted by atomic mass is 19.3. The molecule has 2 aromatic carbocycles. The molecule has 0 spiro atoms. The molecule has 0 radical (unpaired) electrons. The number of halogens is 2. The third-order valence-corrected chi connectivity index (χ3v) is 4.80. The van der Waals surface area contributed by atoms with Gasteiger partial charge in [-0.15, -0.1) is 0 Å². The van der Waals surface area contributed by atoms with E-state index < -0.39 is 12.2 Å². The van der Waals surface area contributed by atoms with Crippen molar-refractivity contribution in [3.63, 3.8) is 0 Å². The van der Waals surface area contributed by atoms with Crippen molar-refractivity contribution in [2.75, 3.05) is 7.05 Å². The van der Waals surface area contributed by atoms with Gasteiger partial charge in [-0.05, 0) is 47.7 Å². The maximum atomic E-state index is 13.2. The molecule has 0 saturated heterocycles. The van der Waals surface area contributed by atoms with Crippen LogP contribution < -0.4 is 10.5 Å². The largest absolute Gasteiger partial charge is 0.435 e. The molecule has 1 unspecified atom stereocenters. The van der Waals surface area contributed by atoms with Crippen LogP contribution in [0.3, 0.4) is 0 Å². The molecule has 0 saturated carbocycles. The molecular weight excluding hydrogens is 352 g/mol. The number of hydrogen-bond acceptors (Lipinski definition) is 4. The number of nitrogens with zero attached hydrogens (tertiary/aromatic N) is 2. The number of carbonyl (C=O) groups excluding carboxylic acids is 1. The van der Waals surface area contributed by atoms with Crippen LogP contribution in [0.25, 0.3) is 0 Å². The zero-order valence-corrected chi connectivity index (χ0v) is 15.4. The second-order valence-corrected chi connectivity index (χ2v) is 6.46. The molecule has 0 bridgehead atoms. The van der Waals surface area contributed by atoms with Gasteiger partial charge in [-0.2, -0.15) is 8.78 Å². The van der Waals surface area contributed by atoms with Crippen molar-refractivity contribution in [2.24, 2.45) is 10.7 Å². The lowest BCUT2D eigenvalue weighted by molar-refractivity contribution is -0.129. The maximum absolute atomic E-state index is 13.2. The van der Waals surface area contributed by atoms with Gasteiger partial charge in [0.25, 0.3) is 5.91 Å². The molecule has 1 amide bonds. The lowest BCUT2D eigenvalue weighted by Crippen LogP contribution is -2.41. The summed E-state index contributed by atoms with van der Waals surface area (Å²) < 4.78 is 29.7. The Morgan fingerprint density at radius 2 is 1.93 bits per heavy atom. The van der Waals surface area contributed by atoms with Crippen molar-refractivity contribution < 1.29 is 18.3 Å². The molecule has 1 aliphatic rings. The molecular formula is C20H21F2N3O2. The summed E-state index contributed by atoms with van der Waals surface area (Å²) in [5, 5.41) is 0. The van der Waals surface area contributed by atoms with Crippen LogP contribution in [0.15, 0.2) is 47.5 Å². The molecule has 27 heavy (non-hydrogen) atoms. The number of likely N-dealkylation sites (N-methyl/N-ethyl adjacent to an activating group) is 1. The Morgan fingerprint density at radius 1 is 1.22 bits per heavy atom.